The molecule has 2 aliphatic rings. The molecule has 1 N–H and O–H groups in total. The number of ether oxygens (including phenoxy) is 1. The van der Waals surface area contributed by atoms with Gasteiger partial charge in [0.2, 0.25) is 0 Å². The number of nitrogens with zero attached hydrogens (tertiary/aromatic N) is 2. The molecule has 3 rings (SSSR count). The van der Waals surface area contributed by atoms with Gasteiger partial charge in [0.05, 0.1) is 13.7 Å². The summed E-state index contributed by atoms with van der Waals surface area (Å²) in [5.74, 6) is 1.96. The standard InChI is InChI=1S/C18H27N3O/c1-3-19-17(21-11-10-18(14-21)8-5-9-18)20-13-15-6-4-7-16(12-15)22-2/h4,6-7,12H,3,5,8-11,13-14H2,1-2H3,(H,19,20). The molecule has 1 saturated heterocycles. The molecule has 22 heavy (non-hydrogen) atoms. The lowest BCUT2D eigenvalue weighted by molar-refractivity contribution is 0.151. The third-order valence-electron chi connectivity index (χ3n) is 5.03. The summed E-state index contributed by atoms with van der Waals surface area (Å²) in [6.45, 7) is 6.07. The maximum absolute atomic E-state index is 5.28. The predicted molar refractivity (Wildman–Crippen MR) is 90.3 cm³/mol. The highest BCUT2D eigenvalue weighted by Gasteiger charge is 2.43. The molecule has 1 saturated carbocycles. The van der Waals surface area contributed by atoms with Crippen molar-refractivity contribution in [3.05, 3.63) is 29.8 Å². The first-order valence-electron chi connectivity index (χ1n) is 8.41. The van der Waals surface area contributed by atoms with E-state index in [4.69, 9.17) is 9.73 Å². The van der Waals surface area contributed by atoms with Crippen LogP contribution in [0.25, 0.3) is 0 Å². The fourth-order valence-electron chi connectivity index (χ4n) is 3.56. The largest absolute Gasteiger partial charge is 0.497 e. The summed E-state index contributed by atoms with van der Waals surface area (Å²) in [7, 11) is 1.70. The van der Waals surface area contributed by atoms with Crippen LogP contribution in [0, 0.1) is 5.41 Å². The van der Waals surface area contributed by atoms with Crippen molar-refractivity contribution >= 4 is 5.96 Å². The Bertz CT molecular complexity index is 537. The highest BCUT2D eigenvalue weighted by atomic mass is 16.5. The van der Waals surface area contributed by atoms with Crippen molar-refractivity contribution in [1.82, 2.24) is 10.2 Å². The number of aliphatic imine (C=N–C) groups is 1. The van der Waals surface area contributed by atoms with Gasteiger partial charge in [0, 0.05) is 19.6 Å². The molecule has 0 aromatic heterocycles. The van der Waals surface area contributed by atoms with E-state index in [-0.39, 0.29) is 0 Å². The average Bonchev–Trinajstić information content (AvgIpc) is 2.97. The molecule has 2 fully saturated rings. The van der Waals surface area contributed by atoms with Crippen LogP contribution in [-0.2, 0) is 6.54 Å². The molecule has 0 amide bonds. The lowest BCUT2D eigenvalue weighted by Gasteiger charge is -2.38. The van der Waals surface area contributed by atoms with E-state index in [1.165, 1.54) is 37.8 Å². The lowest BCUT2D eigenvalue weighted by Crippen LogP contribution is -2.42. The van der Waals surface area contributed by atoms with Crippen molar-refractivity contribution in [2.45, 2.75) is 39.2 Å². The summed E-state index contributed by atoms with van der Waals surface area (Å²) in [6, 6.07) is 8.16. The van der Waals surface area contributed by atoms with Crippen LogP contribution in [0.5, 0.6) is 5.75 Å². The number of likely N-dealkylation sites (tertiary alicyclic amines) is 1. The van der Waals surface area contributed by atoms with Crippen LogP contribution < -0.4 is 10.1 Å². The first-order valence-corrected chi connectivity index (χ1v) is 8.41. The fourth-order valence-corrected chi connectivity index (χ4v) is 3.56. The van der Waals surface area contributed by atoms with E-state index in [2.05, 4.69) is 29.3 Å². The first kappa shape index (κ1) is 15.2. The van der Waals surface area contributed by atoms with Gasteiger partial charge in [-0.25, -0.2) is 4.99 Å². The van der Waals surface area contributed by atoms with Crippen molar-refractivity contribution in [3.8, 4) is 5.75 Å². The number of guanidine groups is 1. The van der Waals surface area contributed by atoms with Gasteiger partial charge in [-0.3, -0.25) is 0 Å². The Morgan fingerprint density at radius 2 is 2.23 bits per heavy atom. The Hall–Kier alpha value is -1.71. The third-order valence-corrected chi connectivity index (χ3v) is 5.03. The Morgan fingerprint density at radius 3 is 2.86 bits per heavy atom. The fraction of sp³-hybridized carbons (Fsp3) is 0.611. The van der Waals surface area contributed by atoms with Crippen LogP contribution in [0.4, 0.5) is 0 Å². The van der Waals surface area contributed by atoms with Gasteiger partial charge in [-0.15, -0.1) is 0 Å². The van der Waals surface area contributed by atoms with E-state index < -0.39 is 0 Å². The monoisotopic (exact) mass is 301 g/mol. The van der Waals surface area contributed by atoms with Crippen LogP contribution in [0.3, 0.4) is 0 Å². The van der Waals surface area contributed by atoms with Crippen LogP contribution in [-0.4, -0.2) is 37.6 Å². The molecule has 120 valence electrons. The van der Waals surface area contributed by atoms with Gasteiger partial charge in [-0.1, -0.05) is 18.6 Å². The maximum atomic E-state index is 5.28. The topological polar surface area (TPSA) is 36.9 Å². The Morgan fingerprint density at radius 1 is 1.36 bits per heavy atom. The maximum Gasteiger partial charge on any atom is 0.194 e. The summed E-state index contributed by atoms with van der Waals surface area (Å²) >= 11 is 0. The second-order valence-electron chi connectivity index (χ2n) is 6.55. The number of benzene rings is 1. The molecule has 1 aliphatic carbocycles. The zero-order valence-electron chi connectivity index (χ0n) is 13.8. The van der Waals surface area contributed by atoms with Gasteiger partial charge in [0.1, 0.15) is 5.75 Å². The minimum Gasteiger partial charge on any atom is -0.497 e. The molecule has 1 spiro atoms. The highest BCUT2D eigenvalue weighted by molar-refractivity contribution is 5.80. The van der Waals surface area contributed by atoms with Crippen molar-refractivity contribution in [2.75, 3.05) is 26.7 Å². The minimum absolute atomic E-state index is 0.603. The average molecular weight is 301 g/mol. The van der Waals surface area contributed by atoms with E-state index in [9.17, 15) is 0 Å². The van der Waals surface area contributed by atoms with E-state index in [0.717, 1.165) is 24.8 Å². The molecule has 1 aromatic rings. The first-order chi connectivity index (χ1) is 10.7. The predicted octanol–water partition coefficient (Wildman–Crippen LogP) is 3.04. The van der Waals surface area contributed by atoms with Gasteiger partial charge < -0.3 is 15.0 Å². The molecule has 1 aromatic carbocycles. The molecule has 0 radical (unpaired) electrons. The van der Waals surface area contributed by atoms with E-state index in [1.807, 2.05) is 12.1 Å². The normalized spacial score (nSPS) is 20.1. The molecular formula is C18H27N3O. The van der Waals surface area contributed by atoms with Gasteiger partial charge in [-0.05, 0) is 49.3 Å². The molecule has 0 unspecified atom stereocenters. The number of hydrogen-bond acceptors (Lipinski definition) is 2. The van der Waals surface area contributed by atoms with E-state index in [0.29, 0.717) is 12.0 Å². The number of rotatable bonds is 4. The van der Waals surface area contributed by atoms with Gasteiger partial charge in [0.15, 0.2) is 5.96 Å². The molecular weight excluding hydrogens is 274 g/mol. The van der Waals surface area contributed by atoms with Crippen molar-refractivity contribution in [3.63, 3.8) is 0 Å². The Kier molecular flexibility index (Phi) is 4.55. The second-order valence-corrected chi connectivity index (χ2v) is 6.55. The minimum atomic E-state index is 0.603. The Balaban J connectivity index is 1.67. The number of nitrogens with one attached hydrogen (secondary N) is 1. The van der Waals surface area contributed by atoms with E-state index >= 15 is 0 Å². The summed E-state index contributed by atoms with van der Waals surface area (Å²) < 4.78 is 5.28. The third kappa shape index (κ3) is 3.21. The van der Waals surface area contributed by atoms with Crippen LogP contribution >= 0.6 is 0 Å². The zero-order valence-corrected chi connectivity index (χ0v) is 13.8. The van der Waals surface area contributed by atoms with Gasteiger partial charge in [0.25, 0.3) is 0 Å². The Labute approximate surface area is 133 Å². The number of hydrogen-bond donors (Lipinski definition) is 1. The zero-order chi connectivity index (χ0) is 15.4. The van der Waals surface area contributed by atoms with Crippen LogP contribution in [0.2, 0.25) is 0 Å². The molecule has 1 heterocycles. The molecule has 1 aliphatic heterocycles. The smallest absolute Gasteiger partial charge is 0.194 e. The SMILES string of the molecule is CCNC(=NCc1cccc(OC)c1)N1CCC2(CCC2)C1. The molecule has 0 atom stereocenters. The van der Waals surface area contributed by atoms with Crippen LogP contribution in [0.15, 0.2) is 29.3 Å². The van der Waals surface area contributed by atoms with Crippen molar-refractivity contribution < 1.29 is 4.74 Å². The molecule has 4 heteroatoms. The summed E-state index contributed by atoms with van der Waals surface area (Å²) in [5.41, 5.74) is 1.79. The summed E-state index contributed by atoms with van der Waals surface area (Å²) in [4.78, 5) is 7.29. The molecule has 0 bridgehead atoms. The van der Waals surface area contributed by atoms with Gasteiger partial charge >= 0.3 is 0 Å². The van der Waals surface area contributed by atoms with Gasteiger partial charge in [-0.2, -0.15) is 0 Å². The van der Waals surface area contributed by atoms with E-state index in [1.54, 1.807) is 7.11 Å². The lowest BCUT2D eigenvalue weighted by atomic mass is 9.68. The number of methoxy groups -OCH3 is 1. The summed E-state index contributed by atoms with van der Waals surface area (Å²) in [6.07, 6.45) is 5.54. The second kappa shape index (κ2) is 6.59. The van der Waals surface area contributed by atoms with Crippen LogP contribution in [0.1, 0.15) is 38.2 Å². The van der Waals surface area contributed by atoms with Crippen molar-refractivity contribution in [2.24, 2.45) is 10.4 Å². The summed E-state index contributed by atoms with van der Waals surface area (Å²) in [5, 5.41) is 3.45. The van der Waals surface area contributed by atoms with Crippen molar-refractivity contribution in [1.29, 1.82) is 0 Å². The quantitative estimate of drug-likeness (QED) is 0.686. The highest BCUT2D eigenvalue weighted by Crippen LogP contribution is 2.47. The molecule has 4 nitrogen and oxygen atoms in total.